The van der Waals surface area contributed by atoms with Crippen molar-refractivity contribution in [2.45, 2.75) is 6.61 Å². The molecule has 0 bridgehead atoms. The van der Waals surface area contributed by atoms with Gasteiger partial charge in [-0.05, 0) is 23.8 Å². The second-order valence-electron chi connectivity index (χ2n) is 5.08. The number of anilines is 1. The Morgan fingerprint density at radius 1 is 1.04 bits per heavy atom. The van der Waals surface area contributed by atoms with Gasteiger partial charge in [-0.3, -0.25) is 15.6 Å². The molecule has 0 saturated heterocycles. The number of halogens is 6. The summed E-state index contributed by atoms with van der Waals surface area (Å²) in [6.45, 7) is -3.06. The van der Waals surface area contributed by atoms with Crippen LogP contribution < -0.4 is 20.3 Å². The molecule has 2 aromatic rings. The lowest BCUT2D eigenvalue weighted by Gasteiger charge is -2.10. The standard InChI is InChI=1S/C17H12F6N2O3/c1-27-12-6-8(2-4-11(12)28-17(22)23)3-5-13(26)24-25-16-14(20)9(18)7-10(19)15(16)21/h2-7,17,25H,1H3,(H,24,26). The first-order valence-corrected chi connectivity index (χ1v) is 7.42. The minimum absolute atomic E-state index is 0.0202. The van der Waals surface area contributed by atoms with Crippen LogP contribution >= 0.6 is 0 Å². The number of methoxy groups -OCH3 is 1. The van der Waals surface area contributed by atoms with Gasteiger partial charge in [-0.25, -0.2) is 17.6 Å². The fourth-order valence-electron chi connectivity index (χ4n) is 2.00. The van der Waals surface area contributed by atoms with E-state index in [2.05, 4.69) is 4.74 Å². The van der Waals surface area contributed by atoms with E-state index in [0.717, 1.165) is 6.08 Å². The van der Waals surface area contributed by atoms with Crippen LogP contribution in [0.5, 0.6) is 11.5 Å². The molecule has 0 aliphatic heterocycles. The maximum Gasteiger partial charge on any atom is 0.387 e. The molecule has 0 fully saturated rings. The highest BCUT2D eigenvalue weighted by Crippen LogP contribution is 2.30. The Morgan fingerprint density at radius 2 is 1.68 bits per heavy atom. The zero-order valence-electron chi connectivity index (χ0n) is 14.0. The van der Waals surface area contributed by atoms with E-state index >= 15 is 0 Å². The topological polar surface area (TPSA) is 59.6 Å². The molecule has 0 aromatic heterocycles. The molecule has 28 heavy (non-hydrogen) atoms. The Hall–Kier alpha value is -3.37. The normalized spacial score (nSPS) is 11.0. The van der Waals surface area contributed by atoms with Crippen molar-refractivity contribution in [1.29, 1.82) is 0 Å². The van der Waals surface area contributed by atoms with Gasteiger partial charge in [0.2, 0.25) is 0 Å². The van der Waals surface area contributed by atoms with Crippen molar-refractivity contribution in [2.75, 3.05) is 12.5 Å². The maximum absolute atomic E-state index is 13.5. The van der Waals surface area contributed by atoms with Crippen molar-refractivity contribution in [3.63, 3.8) is 0 Å². The molecule has 0 unspecified atom stereocenters. The molecule has 2 N–H and O–H groups in total. The molecule has 0 radical (unpaired) electrons. The highest BCUT2D eigenvalue weighted by molar-refractivity contribution is 5.92. The molecule has 0 atom stereocenters. The summed E-state index contributed by atoms with van der Waals surface area (Å²) in [7, 11) is 1.22. The summed E-state index contributed by atoms with van der Waals surface area (Å²) in [5.74, 6) is -7.92. The van der Waals surface area contributed by atoms with E-state index in [9.17, 15) is 31.1 Å². The smallest absolute Gasteiger partial charge is 0.387 e. The molecule has 0 saturated carbocycles. The number of hydrogen-bond donors (Lipinski definition) is 2. The maximum atomic E-state index is 13.5. The average molecular weight is 406 g/mol. The number of amides is 1. The monoisotopic (exact) mass is 406 g/mol. The molecule has 5 nitrogen and oxygen atoms in total. The van der Waals surface area contributed by atoms with Crippen molar-refractivity contribution in [2.24, 2.45) is 0 Å². The third-order valence-corrected chi connectivity index (χ3v) is 3.25. The minimum atomic E-state index is -3.06. The van der Waals surface area contributed by atoms with Crippen molar-refractivity contribution >= 4 is 17.7 Å². The quantitative estimate of drug-likeness (QED) is 0.316. The van der Waals surface area contributed by atoms with E-state index in [1.54, 1.807) is 5.43 Å². The minimum Gasteiger partial charge on any atom is -0.493 e. The summed E-state index contributed by atoms with van der Waals surface area (Å²) in [6.07, 6.45) is 2.12. The van der Waals surface area contributed by atoms with Gasteiger partial charge in [0.1, 0.15) is 5.69 Å². The summed E-state index contributed by atoms with van der Waals surface area (Å²) in [5.41, 5.74) is 2.69. The molecule has 2 rings (SSSR count). The number of carbonyl (C=O) groups is 1. The Balaban J connectivity index is 2.07. The second-order valence-corrected chi connectivity index (χ2v) is 5.08. The average Bonchev–Trinajstić information content (AvgIpc) is 2.65. The van der Waals surface area contributed by atoms with Crippen molar-refractivity contribution in [3.8, 4) is 11.5 Å². The van der Waals surface area contributed by atoms with Crippen LogP contribution in [0.15, 0.2) is 30.3 Å². The number of benzene rings is 2. The predicted molar refractivity (Wildman–Crippen MR) is 86.7 cm³/mol. The lowest BCUT2D eigenvalue weighted by atomic mass is 10.2. The van der Waals surface area contributed by atoms with E-state index in [4.69, 9.17) is 4.74 Å². The van der Waals surface area contributed by atoms with Crippen LogP contribution in [0.3, 0.4) is 0 Å². The van der Waals surface area contributed by atoms with Gasteiger partial charge in [0.25, 0.3) is 5.91 Å². The summed E-state index contributed by atoms with van der Waals surface area (Å²) >= 11 is 0. The molecule has 2 aromatic carbocycles. The Kier molecular flexibility index (Phi) is 6.74. The van der Waals surface area contributed by atoms with Crippen LogP contribution in [0.1, 0.15) is 5.56 Å². The fourth-order valence-corrected chi connectivity index (χ4v) is 2.00. The third-order valence-electron chi connectivity index (χ3n) is 3.25. The van der Waals surface area contributed by atoms with E-state index < -0.39 is 41.5 Å². The number of nitrogens with one attached hydrogen (secondary N) is 2. The van der Waals surface area contributed by atoms with Crippen LogP contribution in [0.2, 0.25) is 0 Å². The van der Waals surface area contributed by atoms with E-state index in [1.165, 1.54) is 31.4 Å². The van der Waals surface area contributed by atoms with Gasteiger partial charge in [0.15, 0.2) is 34.8 Å². The number of rotatable bonds is 7. The molecule has 0 spiro atoms. The van der Waals surface area contributed by atoms with Crippen LogP contribution in [-0.4, -0.2) is 19.6 Å². The lowest BCUT2D eigenvalue weighted by molar-refractivity contribution is -0.116. The molecule has 150 valence electrons. The Labute approximate surface area is 154 Å². The van der Waals surface area contributed by atoms with Crippen molar-refractivity contribution in [3.05, 3.63) is 59.2 Å². The van der Waals surface area contributed by atoms with Crippen LogP contribution in [0, 0.1) is 23.3 Å². The van der Waals surface area contributed by atoms with Crippen molar-refractivity contribution in [1.82, 2.24) is 5.43 Å². The molecular formula is C17H12F6N2O3. The highest BCUT2D eigenvalue weighted by Gasteiger charge is 2.19. The number of ether oxygens (including phenoxy) is 2. The van der Waals surface area contributed by atoms with Gasteiger partial charge in [-0.1, -0.05) is 6.07 Å². The van der Waals surface area contributed by atoms with Crippen molar-refractivity contribution < 1.29 is 40.6 Å². The molecule has 1 amide bonds. The van der Waals surface area contributed by atoms with Gasteiger partial charge < -0.3 is 9.47 Å². The summed E-state index contributed by atoms with van der Waals surface area (Å²) in [5, 5.41) is 0. The first-order valence-electron chi connectivity index (χ1n) is 7.42. The molecule has 0 heterocycles. The number of hydrazine groups is 1. The summed E-state index contributed by atoms with van der Waals surface area (Å²) in [6, 6.07) is 3.82. The van der Waals surface area contributed by atoms with Gasteiger partial charge in [-0.15, -0.1) is 0 Å². The van der Waals surface area contributed by atoms with E-state index in [-0.39, 0.29) is 17.6 Å². The molecule has 0 aliphatic carbocycles. The molecular weight excluding hydrogens is 394 g/mol. The Morgan fingerprint density at radius 3 is 2.25 bits per heavy atom. The summed E-state index contributed by atoms with van der Waals surface area (Å²) < 4.78 is 86.8. The zero-order valence-corrected chi connectivity index (χ0v) is 14.0. The van der Waals surface area contributed by atoms with Crippen LogP contribution in [0.4, 0.5) is 32.0 Å². The van der Waals surface area contributed by atoms with Crippen LogP contribution in [0.25, 0.3) is 6.08 Å². The second kappa shape index (κ2) is 9.02. The highest BCUT2D eigenvalue weighted by atomic mass is 19.3. The number of alkyl halides is 2. The van der Waals surface area contributed by atoms with Crippen LogP contribution in [-0.2, 0) is 4.79 Å². The third kappa shape index (κ3) is 5.09. The van der Waals surface area contributed by atoms with E-state index in [1.807, 2.05) is 5.43 Å². The largest absolute Gasteiger partial charge is 0.493 e. The first kappa shape index (κ1) is 20.9. The van der Waals surface area contributed by atoms with E-state index in [0.29, 0.717) is 5.56 Å². The predicted octanol–water partition coefficient (Wildman–Crippen LogP) is 4.01. The summed E-state index contributed by atoms with van der Waals surface area (Å²) in [4.78, 5) is 11.7. The number of hydrogen-bond acceptors (Lipinski definition) is 4. The molecule has 0 aliphatic rings. The van der Waals surface area contributed by atoms with Gasteiger partial charge in [0.05, 0.1) is 7.11 Å². The Bertz CT molecular complexity index is 879. The SMILES string of the molecule is COc1cc(C=CC(=O)NNc2c(F)c(F)cc(F)c2F)ccc1OC(F)F. The zero-order chi connectivity index (χ0) is 20.8. The lowest BCUT2D eigenvalue weighted by Crippen LogP contribution is -2.29. The first-order chi connectivity index (χ1) is 13.2. The van der Waals surface area contributed by atoms with Gasteiger partial charge in [-0.2, -0.15) is 8.78 Å². The fraction of sp³-hybridized carbons (Fsp3) is 0.118. The van der Waals surface area contributed by atoms with Gasteiger partial charge >= 0.3 is 6.61 Å². The number of carbonyl (C=O) groups excluding carboxylic acids is 1. The molecule has 11 heteroatoms. The van der Waals surface area contributed by atoms with Gasteiger partial charge in [0, 0.05) is 12.1 Å².